The third-order valence-corrected chi connectivity index (χ3v) is 4.28. The van der Waals surface area contributed by atoms with Gasteiger partial charge in [-0.1, -0.05) is 19.8 Å². The van der Waals surface area contributed by atoms with Crippen LogP contribution in [0.2, 0.25) is 0 Å². The standard InChI is InChI=1S/C17H24N2O2/c1-12-5-4-6-15(9-12)19(3)17-13(2)10-14(11-18-17)7-8-16(20)21/h7-8,10-12,15H,4-6,9H2,1-3H3,(H,20,21)/b8-7+. The van der Waals surface area contributed by atoms with Crippen molar-refractivity contribution in [2.45, 2.75) is 45.6 Å². The summed E-state index contributed by atoms with van der Waals surface area (Å²) in [5.74, 6) is 0.843. The van der Waals surface area contributed by atoms with Gasteiger partial charge in [0.25, 0.3) is 0 Å². The molecule has 1 fully saturated rings. The summed E-state index contributed by atoms with van der Waals surface area (Å²) < 4.78 is 0. The molecule has 1 aliphatic carbocycles. The fourth-order valence-electron chi connectivity index (χ4n) is 3.14. The van der Waals surface area contributed by atoms with Crippen molar-refractivity contribution in [2.75, 3.05) is 11.9 Å². The number of aliphatic carboxylic acids is 1. The van der Waals surface area contributed by atoms with Crippen LogP contribution in [0.15, 0.2) is 18.3 Å². The highest BCUT2D eigenvalue weighted by Gasteiger charge is 2.23. The zero-order valence-corrected chi connectivity index (χ0v) is 13.0. The molecule has 1 N–H and O–H groups in total. The zero-order chi connectivity index (χ0) is 15.4. The van der Waals surface area contributed by atoms with Crippen LogP contribution in [0.4, 0.5) is 5.82 Å². The Bertz CT molecular complexity index is 540. The van der Waals surface area contributed by atoms with Gasteiger partial charge in [-0.2, -0.15) is 0 Å². The summed E-state index contributed by atoms with van der Waals surface area (Å²) in [7, 11) is 2.12. The molecule has 4 heteroatoms. The molecule has 114 valence electrons. The van der Waals surface area contributed by atoms with E-state index in [1.807, 2.05) is 13.0 Å². The van der Waals surface area contributed by atoms with Crippen LogP contribution in [0.5, 0.6) is 0 Å². The van der Waals surface area contributed by atoms with Crippen molar-refractivity contribution >= 4 is 17.9 Å². The van der Waals surface area contributed by atoms with Gasteiger partial charge in [0.05, 0.1) is 0 Å². The first kappa shape index (κ1) is 15.5. The highest BCUT2D eigenvalue weighted by atomic mass is 16.4. The second-order valence-corrected chi connectivity index (χ2v) is 6.12. The van der Waals surface area contributed by atoms with Crippen molar-refractivity contribution in [1.29, 1.82) is 0 Å². The van der Waals surface area contributed by atoms with E-state index in [1.54, 1.807) is 12.3 Å². The highest BCUT2D eigenvalue weighted by molar-refractivity contribution is 5.85. The van der Waals surface area contributed by atoms with Gasteiger partial charge in [0, 0.05) is 25.4 Å². The smallest absolute Gasteiger partial charge is 0.328 e. The predicted molar refractivity (Wildman–Crippen MR) is 85.5 cm³/mol. The molecule has 0 saturated heterocycles. The number of carboxylic acid groups (broad SMARTS) is 1. The molecule has 21 heavy (non-hydrogen) atoms. The average molecular weight is 288 g/mol. The van der Waals surface area contributed by atoms with Crippen molar-refractivity contribution in [1.82, 2.24) is 4.98 Å². The molecule has 2 unspecified atom stereocenters. The molecular formula is C17H24N2O2. The molecule has 0 aromatic carbocycles. The van der Waals surface area contributed by atoms with Crippen molar-refractivity contribution in [2.24, 2.45) is 5.92 Å². The summed E-state index contributed by atoms with van der Waals surface area (Å²) in [6.07, 6.45) is 9.52. The number of carboxylic acids is 1. The highest BCUT2D eigenvalue weighted by Crippen LogP contribution is 2.30. The molecule has 0 bridgehead atoms. The van der Waals surface area contributed by atoms with E-state index in [2.05, 4.69) is 23.9 Å². The Morgan fingerprint density at radius 2 is 2.24 bits per heavy atom. The predicted octanol–water partition coefficient (Wildman–Crippen LogP) is 3.50. The number of rotatable bonds is 4. The maximum atomic E-state index is 10.6. The first-order chi connectivity index (χ1) is 9.97. The SMILES string of the molecule is Cc1cc(/C=C/C(=O)O)cnc1N(C)C1CCCC(C)C1. The van der Waals surface area contributed by atoms with Crippen LogP contribution in [0.1, 0.15) is 43.7 Å². The van der Waals surface area contributed by atoms with Gasteiger partial charge >= 0.3 is 5.97 Å². The Labute approximate surface area is 126 Å². The van der Waals surface area contributed by atoms with Crippen LogP contribution in [0.25, 0.3) is 6.08 Å². The Balaban J connectivity index is 2.14. The first-order valence-electron chi connectivity index (χ1n) is 7.58. The van der Waals surface area contributed by atoms with Gasteiger partial charge in [-0.15, -0.1) is 0 Å². The molecule has 4 nitrogen and oxygen atoms in total. The summed E-state index contributed by atoms with van der Waals surface area (Å²) in [6, 6.07) is 2.55. The molecule has 0 radical (unpaired) electrons. The summed E-state index contributed by atoms with van der Waals surface area (Å²) in [4.78, 5) is 17.4. The number of carbonyl (C=O) groups is 1. The number of anilines is 1. The number of nitrogens with zero attached hydrogens (tertiary/aromatic N) is 2. The van der Waals surface area contributed by atoms with E-state index >= 15 is 0 Å². The van der Waals surface area contributed by atoms with Gasteiger partial charge in [-0.3, -0.25) is 0 Å². The van der Waals surface area contributed by atoms with E-state index in [0.717, 1.165) is 28.9 Å². The molecule has 1 aliphatic rings. The van der Waals surface area contributed by atoms with Gasteiger partial charge in [0.2, 0.25) is 0 Å². The van der Waals surface area contributed by atoms with Crippen LogP contribution in [0.3, 0.4) is 0 Å². The second kappa shape index (κ2) is 6.74. The van der Waals surface area contributed by atoms with E-state index < -0.39 is 5.97 Å². The lowest BCUT2D eigenvalue weighted by atomic mass is 9.86. The molecule has 1 saturated carbocycles. The Morgan fingerprint density at radius 1 is 1.48 bits per heavy atom. The topological polar surface area (TPSA) is 53.4 Å². The maximum Gasteiger partial charge on any atom is 0.328 e. The molecule has 0 spiro atoms. The number of aromatic nitrogens is 1. The normalized spacial score (nSPS) is 22.4. The average Bonchev–Trinajstić information content (AvgIpc) is 2.44. The summed E-state index contributed by atoms with van der Waals surface area (Å²) >= 11 is 0. The van der Waals surface area contributed by atoms with E-state index in [9.17, 15) is 4.79 Å². The van der Waals surface area contributed by atoms with E-state index in [0.29, 0.717) is 6.04 Å². The largest absolute Gasteiger partial charge is 0.478 e. The van der Waals surface area contributed by atoms with Crippen molar-refractivity contribution in [3.63, 3.8) is 0 Å². The molecule has 1 heterocycles. The number of hydrogen-bond acceptors (Lipinski definition) is 3. The first-order valence-corrected chi connectivity index (χ1v) is 7.58. The monoisotopic (exact) mass is 288 g/mol. The zero-order valence-electron chi connectivity index (χ0n) is 13.0. The van der Waals surface area contributed by atoms with Gasteiger partial charge in [-0.05, 0) is 49.0 Å². The molecule has 1 aromatic heterocycles. The number of pyridine rings is 1. The summed E-state index contributed by atoms with van der Waals surface area (Å²) in [5.41, 5.74) is 1.91. The molecule has 0 amide bonds. The lowest BCUT2D eigenvalue weighted by molar-refractivity contribution is -0.131. The van der Waals surface area contributed by atoms with Crippen LogP contribution in [0, 0.1) is 12.8 Å². The minimum absolute atomic E-state index is 0.556. The van der Waals surface area contributed by atoms with Gasteiger partial charge in [0.1, 0.15) is 5.82 Å². The van der Waals surface area contributed by atoms with Crippen LogP contribution in [-0.4, -0.2) is 29.1 Å². The molecule has 1 aromatic rings. The third kappa shape index (κ3) is 4.06. The van der Waals surface area contributed by atoms with Gasteiger partial charge < -0.3 is 10.0 Å². The minimum atomic E-state index is -0.940. The Kier molecular flexibility index (Phi) is 4.99. The molecular weight excluding hydrogens is 264 g/mol. The number of hydrogen-bond donors (Lipinski definition) is 1. The van der Waals surface area contributed by atoms with Gasteiger partial charge in [0.15, 0.2) is 0 Å². The van der Waals surface area contributed by atoms with Gasteiger partial charge in [-0.25, -0.2) is 9.78 Å². The Morgan fingerprint density at radius 3 is 2.86 bits per heavy atom. The summed E-state index contributed by atoms with van der Waals surface area (Å²) in [6.45, 7) is 4.35. The quantitative estimate of drug-likeness (QED) is 0.862. The van der Waals surface area contributed by atoms with Crippen molar-refractivity contribution in [3.05, 3.63) is 29.5 Å². The van der Waals surface area contributed by atoms with E-state index in [4.69, 9.17) is 5.11 Å². The molecule has 0 aliphatic heterocycles. The summed E-state index contributed by atoms with van der Waals surface area (Å²) in [5, 5.41) is 8.67. The van der Waals surface area contributed by atoms with Crippen LogP contribution >= 0.6 is 0 Å². The molecule has 2 atom stereocenters. The minimum Gasteiger partial charge on any atom is -0.478 e. The number of aryl methyl sites for hydroxylation is 1. The van der Waals surface area contributed by atoms with Crippen molar-refractivity contribution < 1.29 is 9.90 Å². The maximum absolute atomic E-state index is 10.6. The van der Waals surface area contributed by atoms with E-state index in [1.165, 1.54) is 25.7 Å². The Hall–Kier alpha value is -1.84. The third-order valence-electron chi connectivity index (χ3n) is 4.28. The second-order valence-electron chi connectivity index (χ2n) is 6.12. The van der Waals surface area contributed by atoms with E-state index in [-0.39, 0.29) is 0 Å². The molecule has 2 rings (SSSR count). The fraction of sp³-hybridized carbons (Fsp3) is 0.529. The lowest BCUT2D eigenvalue weighted by Gasteiger charge is -2.35. The van der Waals surface area contributed by atoms with Crippen LogP contribution < -0.4 is 4.90 Å². The van der Waals surface area contributed by atoms with Crippen molar-refractivity contribution in [3.8, 4) is 0 Å². The fourth-order valence-corrected chi connectivity index (χ4v) is 3.14. The lowest BCUT2D eigenvalue weighted by Crippen LogP contribution is -2.36. The van der Waals surface area contributed by atoms with Crippen LogP contribution in [-0.2, 0) is 4.79 Å².